The molecule has 1 amide bonds. The van der Waals surface area contributed by atoms with Gasteiger partial charge in [-0.25, -0.2) is 4.79 Å². The maximum Gasteiger partial charge on any atom is 0.339 e. The second-order valence-electron chi connectivity index (χ2n) is 8.08. The molecule has 2 aliphatic rings. The first kappa shape index (κ1) is 18.6. The van der Waals surface area contributed by atoms with Gasteiger partial charge in [0, 0.05) is 23.7 Å². The third-order valence-corrected chi connectivity index (χ3v) is 6.33. The average Bonchev–Trinajstić information content (AvgIpc) is 3.09. The maximum atomic E-state index is 13.6. The summed E-state index contributed by atoms with van der Waals surface area (Å²) in [6.45, 7) is 0. The van der Waals surface area contributed by atoms with Crippen LogP contribution in [0, 0.1) is 0 Å². The Hall–Kier alpha value is -4.18. The lowest BCUT2D eigenvalue weighted by atomic mass is 9.82. The molecule has 0 bridgehead atoms. The first-order valence-electron chi connectivity index (χ1n) is 10.5. The number of hydrogen-bond acceptors (Lipinski definition) is 3. The summed E-state index contributed by atoms with van der Waals surface area (Å²) in [7, 11) is 1.78. The molecule has 1 unspecified atom stereocenters. The van der Waals surface area contributed by atoms with Gasteiger partial charge in [0.1, 0.15) is 0 Å². The van der Waals surface area contributed by atoms with E-state index in [0.717, 1.165) is 38.7 Å². The van der Waals surface area contributed by atoms with Crippen LogP contribution in [0.1, 0.15) is 33.2 Å². The van der Waals surface area contributed by atoms with E-state index >= 15 is 0 Å². The highest BCUT2D eigenvalue weighted by atomic mass is 16.5. The first-order valence-corrected chi connectivity index (χ1v) is 10.5. The van der Waals surface area contributed by atoms with E-state index in [9.17, 15) is 9.59 Å². The Bertz CT molecular complexity index is 1450. The van der Waals surface area contributed by atoms with Crippen LogP contribution >= 0.6 is 0 Å². The molecule has 4 aromatic rings. The Morgan fingerprint density at radius 2 is 1.47 bits per heavy atom. The predicted molar refractivity (Wildman–Crippen MR) is 125 cm³/mol. The fraction of sp³-hybridized carbons (Fsp3) is 0.0714. The van der Waals surface area contributed by atoms with E-state index in [1.54, 1.807) is 18.0 Å². The highest BCUT2D eigenvalue weighted by molar-refractivity contribution is 6.39. The molecule has 6 rings (SSSR count). The fourth-order valence-electron chi connectivity index (χ4n) is 4.84. The molecule has 154 valence electrons. The minimum atomic E-state index is -0.680. The third-order valence-electron chi connectivity index (χ3n) is 6.33. The van der Waals surface area contributed by atoms with Crippen molar-refractivity contribution in [3.63, 3.8) is 0 Å². The minimum Gasteiger partial charge on any atom is -0.449 e. The Morgan fingerprint density at radius 1 is 0.750 bits per heavy atom. The van der Waals surface area contributed by atoms with Crippen LogP contribution in [0.3, 0.4) is 0 Å². The lowest BCUT2D eigenvalue weighted by molar-refractivity contribution is -0.112. The number of anilines is 1. The van der Waals surface area contributed by atoms with Crippen LogP contribution in [0.25, 0.3) is 21.9 Å². The van der Waals surface area contributed by atoms with E-state index in [-0.39, 0.29) is 11.9 Å². The Labute approximate surface area is 185 Å². The lowest BCUT2D eigenvalue weighted by Crippen LogP contribution is -2.25. The molecule has 0 spiro atoms. The number of nitrogens with zero attached hydrogens (tertiary/aromatic N) is 1. The van der Waals surface area contributed by atoms with Gasteiger partial charge < -0.3 is 9.64 Å². The van der Waals surface area contributed by atoms with Gasteiger partial charge in [0.15, 0.2) is 6.10 Å². The molecule has 0 fully saturated rings. The number of benzene rings is 4. The highest BCUT2D eigenvalue weighted by Gasteiger charge is 2.41. The number of carbonyl (C=O) groups excluding carboxylic acids is 2. The van der Waals surface area contributed by atoms with Crippen LogP contribution in [0.15, 0.2) is 91.0 Å². The molecule has 32 heavy (non-hydrogen) atoms. The molecule has 0 aliphatic carbocycles. The van der Waals surface area contributed by atoms with Crippen LogP contribution in [0.4, 0.5) is 5.69 Å². The predicted octanol–water partition coefficient (Wildman–Crippen LogP) is 5.64. The van der Waals surface area contributed by atoms with E-state index in [0.29, 0.717) is 11.1 Å². The topological polar surface area (TPSA) is 46.6 Å². The SMILES string of the molecule is CN1C(=O)/C(=C2/c3c(ccc4ccccc34)C(=O)OC2c2ccccc2)c2ccccc21. The second kappa shape index (κ2) is 6.92. The second-order valence-corrected chi connectivity index (χ2v) is 8.08. The lowest BCUT2D eigenvalue weighted by Gasteiger charge is -2.30. The van der Waals surface area contributed by atoms with Crippen molar-refractivity contribution in [3.05, 3.63) is 113 Å². The van der Waals surface area contributed by atoms with Gasteiger partial charge in [-0.3, -0.25) is 4.79 Å². The summed E-state index contributed by atoms with van der Waals surface area (Å²) in [5.41, 5.74) is 5.13. The molecule has 0 N–H and O–H groups in total. The zero-order chi connectivity index (χ0) is 21.8. The largest absolute Gasteiger partial charge is 0.449 e. The summed E-state index contributed by atoms with van der Waals surface area (Å²) in [6, 6.07) is 29.1. The number of ether oxygens (including phenoxy) is 1. The third kappa shape index (κ3) is 2.56. The molecule has 2 heterocycles. The molecule has 4 heteroatoms. The first-order chi connectivity index (χ1) is 15.6. The molecule has 0 aromatic heterocycles. The standard InChI is InChI=1S/C28H19NO3/c1-29-22-14-8-7-13-20(22)24(27(29)30)25-23-19-12-6-5-9-17(19)15-16-21(23)28(31)32-26(25)18-10-3-2-4-11-18/h2-16,26H,1H3/b25-24-. The quantitative estimate of drug-likeness (QED) is 0.297. The van der Waals surface area contributed by atoms with Crippen molar-refractivity contribution in [1.29, 1.82) is 0 Å². The molecular formula is C28H19NO3. The zero-order valence-electron chi connectivity index (χ0n) is 17.4. The van der Waals surface area contributed by atoms with E-state index in [2.05, 4.69) is 0 Å². The van der Waals surface area contributed by atoms with E-state index in [1.165, 1.54) is 0 Å². The molecule has 1 atom stereocenters. The maximum absolute atomic E-state index is 13.6. The van der Waals surface area contributed by atoms with Gasteiger partial charge in [-0.05, 0) is 28.5 Å². The number of amides is 1. The van der Waals surface area contributed by atoms with Gasteiger partial charge in [-0.15, -0.1) is 0 Å². The average molecular weight is 417 g/mol. The van der Waals surface area contributed by atoms with Gasteiger partial charge in [0.2, 0.25) is 0 Å². The van der Waals surface area contributed by atoms with Crippen LogP contribution in [-0.2, 0) is 9.53 Å². The van der Waals surface area contributed by atoms with Crippen LogP contribution < -0.4 is 4.90 Å². The van der Waals surface area contributed by atoms with E-state index < -0.39 is 6.10 Å². The van der Waals surface area contributed by atoms with Crippen LogP contribution in [0.5, 0.6) is 0 Å². The van der Waals surface area contributed by atoms with Crippen molar-refractivity contribution in [1.82, 2.24) is 0 Å². The summed E-state index contributed by atoms with van der Waals surface area (Å²) >= 11 is 0. The van der Waals surface area contributed by atoms with E-state index in [1.807, 2.05) is 84.9 Å². The van der Waals surface area contributed by atoms with Crippen LogP contribution in [-0.4, -0.2) is 18.9 Å². The number of fused-ring (bicyclic) bond motifs is 4. The van der Waals surface area contributed by atoms with Crippen molar-refractivity contribution in [2.75, 3.05) is 11.9 Å². The summed E-state index contributed by atoms with van der Waals surface area (Å²) in [5, 5.41) is 1.95. The number of esters is 1. The van der Waals surface area contributed by atoms with Crippen molar-refractivity contribution in [2.45, 2.75) is 6.10 Å². The normalized spacial score (nSPS) is 19.7. The molecule has 4 aromatic carbocycles. The number of hydrogen-bond donors (Lipinski definition) is 0. The van der Waals surface area contributed by atoms with Crippen LogP contribution in [0.2, 0.25) is 0 Å². The highest BCUT2D eigenvalue weighted by Crippen LogP contribution is 2.50. The monoisotopic (exact) mass is 417 g/mol. The molecule has 0 saturated carbocycles. The summed E-state index contributed by atoms with van der Waals surface area (Å²) in [5.74, 6) is -0.477. The smallest absolute Gasteiger partial charge is 0.339 e. The Balaban J connectivity index is 1.78. The molecular weight excluding hydrogens is 398 g/mol. The van der Waals surface area contributed by atoms with Gasteiger partial charge in [-0.1, -0.05) is 78.9 Å². The summed E-state index contributed by atoms with van der Waals surface area (Å²) in [4.78, 5) is 28.4. The van der Waals surface area contributed by atoms with Crippen molar-refractivity contribution >= 4 is 39.5 Å². The minimum absolute atomic E-state index is 0.0982. The van der Waals surface area contributed by atoms with Crippen molar-refractivity contribution < 1.29 is 14.3 Å². The van der Waals surface area contributed by atoms with E-state index in [4.69, 9.17) is 4.74 Å². The number of carbonyl (C=O) groups is 2. The van der Waals surface area contributed by atoms with Crippen molar-refractivity contribution in [3.8, 4) is 0 Å². The molecule has 0 saturated heterocycles. The van der Waals surface area contributed by atoms with Gasteiger partial charge in [0.05, 0.1) is 16.8 Å². The summed E-state index contributed by atoms with van der Waals surface area (Å²) < 4.78 is 6.00. The Kier molecular flexibility index (Phi) is 4.02. The van der Waals surface area contributed by atoms with Crippen molar-refractivity contribution in [2.24, 2.45) is 0 Å². The Morgan fingerprint density at radius 3 is 2.31 bits per heavy atom. The van der Waals surface area contributed by atoms with Gasteiger partial charge in [0.25, 0.3) is 5.91 Å². The number of para-hydroxylation sites is 1. The molecule has 2 aliphatic heterocycles. The molecule has 0 radical (unpaired) electrons. The zero-order valence-corrected chi connectivity index (χ0v) is 17.4. The summed E-state index contributed by atoms with van der Waals surface area (Å²) in [6.07, 6.45) is -0.680. The fourth-order valence-corrected chi connectivity index (χ4v) is 4.84. The van der Waals surface area contributed by atoms with Gasteiger partial charge >= 0.3 is 5.97 Å². The molecule has 4 nitrogen and oxygen atoms in total. The number of rotatable bonds is 1. The number of cyclic esters (lactones) is 1. The number of likely N-dealkylation sites (N-methyl/N-ethyl adjacent to an activating group) is 1. The van der Waals surface area contributed by atoms with Gasteiger partial charge in [-0.2, -0.15) is 0 Å².